The van der Waals surface area contributed by atoms with Crippen molar-refractivity contribution in [1.29, 1.82) is 0 Å². The van der Waals surface area contributed by atoms with Crippen molar-refractivity contribution in [3.05, 3.63) is 60.2 Å². The molecule has 9 heteroatoms. The van der Waals surface area contributed by atoms with E-state index in [2.05, 4.69) is 5.43 Å². The number of benzene rings is 3. The van der Waals surface area contributed by atoms with Crippen molar-refractivity contribution in [3.8, 4) is 16.9 Å². The summed E-state index contributed by atoms with van der Waals surface area (Å²) in [7, 11) is -3.91. The lowest BCUT2D eigenvalue weighted by atomic mass is 9.99. The minimum atomic E-state index is -3.91. The molecule has 0 aromatic heterocycles. The van der Waals surface area contributed by atoms with Crippen molar-refractivity contribution in [2.24, 2.45) is 0 Å². The molecule has 1 aliphatic rings. The van der Waals surface area contributed by atoms with Gasteiger partial charge in [-0.1, -0.05) is 24.3 Å². The summed E-state index contributed by atoms with van der Waals surface area (Å²) in [6.45, 7) is 0. The fourth-order valence-corrected chi connectivity index (χ4v) is 4.31. The van der Waals surface area contributed by atoms with Gasteiger partial charge >= 0.3 is 5.97 Å². The predicted octanol–water partition coefficient (Wildman–Crippen LogP) is 2.09. The van der Waals surface area contributed by atoms with Crippen LogP contribution in [0, 0.1) is 0 Å². The first-order chi connectivity index (χ1) is 13.2. The summed E-state index contributed by atoms with van der Waals surface area (Å²) in [4.78, 5) is 22.7. The van der Waals surface area contributed by atoms with Crippen LogP contribution in [0.1, 0.15) is 10.4 Å². The molecule has 8 nitrogen and oxygen atoms in total. The zero-order chi connectivity index (χ0) is 20.1. The third-order valence-corrected chi connectivity index (χ3v) is 5.88. The first kappa shape index (κ1) is 17.8. The summed E-state index contributed by atoms with van der Waals surface area (Å²) >= 11 is 0. The van der Waals surface area contributed by atoms with Gasteiger partial charge in [0.15, 0.2) is 5.75 Å². The number of phenolic OH excluding ortho intramolecular Hbond substituents is 1. The highest BCUT2D eigenvalue weighted by atomic mass is 32.2. The Balaban J connectivity index is 1.84. The molecule has 0 radical (unpaired) electrons. The number of anilines is 1. The van der Waals surface area contributed by atoms with E-state index < -0.39 is 27.7 Å². The van der Waals surface area contributed by atoms with E-state index in [0.717, 1.165) is 5.56 Å². The molecule has 1 aliphatic heterocycles. The van der Waals surface area contributed by atoms with E-state index in [1.54, 1.807) is 30.3 Å². The number of carboxylic acids is 1. The second-order valence-corrected chi connectivity index (χ2v) is 8.16. The molecule has 1 fully saturated rings. The second-order valence-electron chi connectivity index (χ2n) is 6.34. The number of sulfonamides is 1. The first-order valence-corrected chi connectivity index (χ1v) is 9.78. The average molecular weight is 398 g/mol. The fraction of sp³-hybridized carbons (Fsp3) is 0.0526. The Hall–Kier alpha value is -3.59. The van der Waals surface area contributed by atoms with Gasteiger partial charge in [0, 0.05) is 0 Å². The molecule has 0 atom stereocenters. The Labute approximate surface area is 159 Å². The lowest BCUT2D eigenvalue weighted by Crippen LogP contribution is -2.35. The maximum Gasteiger partial charge on any atom is 0.335 e. The zero-order valence-corrected chi connectivity index (χ0v) is 15.1. The van der Waals surface area contributed by atoms with Crippen LogP contribution in [-0.4, -0.2) is 36.3 Å². The molecule has 1 amide bonds. The van der Waals surface area contributed by atoms with Crippen LogP contribution >= 0.6 is 0 Å². The number of hydrazine groups is 1. The number of rotatable bonds is 3. The van der Waals surface area contributed by atoms with Crippen LogP contribution in [0.25, 0.3) is 21.9 Å². The Morgan fingerprint density at radius 2 is 1.75 bits per heavy atom. The van der Waals surface area contributed by atoms with Crippen LogP contribution in [0.15, 0.2) is 54.6 Å². The number of carboxylic acid groups (broad SMARTS) is 1. The number of carbonyl (C=O) groups excluding carboxylic acids is 1. The standard InChI is InChI=1S/C19H14N2O6S/c22-17-9-13-5-4-12(11-2-1-3-14(6-11)19(24)25)7-15(13)8-16(17)21-20-18(23)10-28(21,26)27/h1-9,22H,10H2,(H,20,23)(H,24,25). The van der Waals surface area contributed by atoms with Gasteiger partial charge in [0.2, 0.25) is 0 Å². The molecule has 3 N–H and O–H groups in total. The monoisotopic (exact) mass is 398 g/mol. The van der Waals surface area contributed by atoms with Crippen molar-refractivity contribution in [2.45, 2.75) is 0 Å². The number of hydrogen-bond acceptors (Lipinski definition) is 5. The second kappa shape index (κ2) is 6.24. The number of amides is 1. The predicted molar refractivity (Wildman–Crippen MR) is 102 cm³/mol. The van der Waals surface area contributed by atoms with Crippen molar-refractivity contribution in [2.75, 3.05) is 10.2 Å². The maximum absolute atomic E-state index is 12.1. The van der Waals surface area contributed by atoms with Gasteiger partial charge in [-0.2, -0.15) is 4.41 Å². The number of phenols is 1. The van der Waals surface area contributed by atoms with E-state index in [1.165, 1.54) is 24.3 Å². The quantitative estimate of drug-likeness (QED) is 0.621. The highest BCUT2D eigenvalue weighted by Crippen LogP contribution is 2.36. The van der Waals surface area contributed by atoms with Crippen LogP contribution in [0.2, 0.25) is 0 Å². The molecular weight excluding hydrogens is 384 g/mol. The smallest absolute Gasteiger partial charge is 0.335 e. The van der Waals surface area contributed by atoms with E-state index in [4.69, 9.17) is 5.11 Å². The van der Waals surface area contributed by atoms with Crippen LogP contribution < -0.4 is 9.84 Å². The molecule has 3 aromatic carbocycles. The number of hydrogen-bond donors (Lipinski definition) is 3. The molecule has 142 valence electrons. The summed E-state index contributed by atoms with van der Waals surface area (Å²) in [5.41, 5.74) is 3.70. The molecule has 28 heavy (non-hydrogen) atoms. The molecule has 1 heterocycles. The van der Waals surface area contributed by atoms with Crippen LogP contribution in [0.5, 0.6) is 5.75 Å². The number of fused-ring (bicyclic) bond motifs is 1. The number of aromatic hydroxyl groups is 1. The normalized spacial score (nSPS) is 15.6. The third-order valence-electron chi connectivity index (χ3n) is 4.41. The zero-order valence-electron chi connectivity index (χ0n) is 14.3. The van der Waals surface area contributed by atoms with Gasteiger partial charge < -0.3 is 10.2 Å². The Morgan fingerprint density at radius 1 is 1.00 bits per heavy atom. The number of aromatic carboxylic acids is 1. The molecule has 0 saturated carbocycles. The number of nitrogens with one attached hydrogen (secondary N) is 1. The Kier molecular flexibility index (Phi) is 3.97. The molecule has 0 spiro atoms. The Bertz CT molecular complexity index is 1250. The van der Waals surface area contributed by atoms with Gasteiger partial charge in [-0.3, -0.25) is 10.2 Å². The van der Waals surface area contributed by atoms with Gasteiger partial charge in [-0.05, 0) is 52.2 Å². The molecular formula is C19H14N2O6S. The van der Waals surface area contributed by atoms with E-state index in [9.17, 15) is 23.1 Å². The third kappa shape index (κ3) is 3.01. The van der Waals surface area contributed by atoms with Gasteiger partial charge in [0.25, 0.3) is 15.9 Å². The molecule has 0 aliphatic carbocycles. The van der Waals surface area contributed by atoms with Gasteiger partial charge in [0.1, 0.15) is 11.4 Å². The molecule has 0 bridgehead atoms. The van der Waals surface area contributed by atoms with E-state index in [-0.39, 0.29) is 17.0 Å². The SMILES string of the molecule is O=C1CS(=O)(=O)N(c2cc3cc(-c4cccc(C(=O)O)c4)ccc3cc2O)N1. The highest BCUT2D eigenvalue weighted by molar-refractivity contribution is 7.93. The molecule has 4 rings (SSSR count). The molecule has 3 aromatic rings. The molecule has 0 unspecified atom stereocenters. The van der Waals surface area contributed by atoms with Crippen molar-refractivity contribution >= 4 is 38.4 Å². The maximum atomic E-state index is 12.1. The fourth-order valence-electron chi connectivity index (χ4n) is 3.10. The van der Waals surface area contributed by atoms with E-state index in [0.29, 0.717) is 20.8 Å². The van der Waals surface area contributed by atoms with E-state index in [1.807, 2.05) is 0 Å². The van der Waals surface area contributed by atoms with Crippen molar-refractivity contribution in [3.63, 3.8) is 0 Å². The lowest BCUT2D eigenvalue weighted by molar-refractivity contribution is -0.117. The van der Waals surface area contributed by atoms with Gasteiger partial charge in [-0.25, -0.2) is 13.2 Å². The largest absolute Gasteiger partial charge is 0.506 e. The highest BCUT2D eigenvalue weighted by Gasteiger charge is 2.36. The van der Waals surface area contributed by atoms with Crippen LogP contribution in [0.4, 0.5) is 5.69 Å². The first-order valence-electron chi connectivity index (χ1n) is 8.17. The van der Waals surface area contributed by atoms with E-state index >= 15 is 0 Å². The lowest BCUT2D eigenvalue weighted by Gasteiger charge is -2.18. The van der Waals surface area contributed by atoms with Crippen molar-refractivity contribution in [1.82, 2.24) is 5.43 Å². The van der Waals surface area contributed by atoms with Crippen molar-refractivity contribution < 1.29 is 28.2 Å². The minimum absolute atomic E-state index is 0.0604. The summed E-state index contributed by atoms with van der Waals surface area (Å²) in [6.07, 6.45) is 0. The summed E-state index contributed by atoms with van der Waals surface area (Å²) in [6, 6.07) is 14.6. The topological polar surface area (TPSA) is 124 Å². The van der Waals surface area contributed by atoms with Gasteiger partial charge in [0.05, 0.1) is 5.56 Å². The summed E-state index contributed by atoms with van der Waals surface area (Å²) < 4.78 is 24.9. The summed E-state index contributed by atoms with van der Waals surface area (Å²) in [5.74, 6) is -2.70. The van der Waals surface area contributed by atoms with Crippen LogP contribution in [0.3, 0.4) is 0 Å². The average Bonchev–Trinajstić information content (AvgIpc) is 2.92. The van der Waals surface area contributed by atoms with Gasteiger partial charge in [-0.15, -0.1) is 0 Å². The molecule has 1 saturated heterocycles. The number of carbonyl (C=O) groups is 2. The minimum Gasteiger partial charge on any atom is -0.506 e. The Morgan fingerprint density at radius 3 is 2.43 bits per heavy atom. The summed E-state index contributed by atoms with van der Waals surface area (Å²) in [5, 5.41) is 20.7. The number of nitrogens with zero attached hydrogens (tertiary/aromatic N) is 1. The van der Waals surface area contributed by atoms with Crippen LogP contribution in [-0.2, 0) is 14.8 Å².